The van der Waals surface area contributed by atoms with Crippen molar-refractivity contribution in [3.8, 4) is 17.2 Å². The number of hydrogen-bond acceptors (Lipinski definition) is 4. The summed E-state index contributed by atoms with van der Waals surface area (Å²) < 4.78 is 19.4. The van der Waals surface area contributed by atoms with Crippen LogP contribution in [0, 0.1) is 0 Å². The minimum Gasteiger partial charge on any atom is -0.497 e. The van der Waals surface area contributed by atoms with Gasteiger partial charge in [-0.2, -0.15) is 0 Å². The summed E-state index contributed by atoms with van der Waals surface area (Å²) in [4.78, 5) is 13.0. The topological polar surface area (TPSA) is 49.7 Å². The van der Waals surface area contributed by atoms with Gasteiger partial charge in [-0.3, -0.25) is 4.79 Å². The fourth-order valence-corrected chi connectivity index (χ4v) is 4.21. The van der Waals surface area contributed by atoms with E-state index < -0.39 is 0 Å². The minimum atomic E-state index is -0.147. The summed E-state index contributed by atoms with van der Waals surface area (Å²) in [6.45, 7) is 3.27. The second-order valence-corrected chi connectivity index (χ2v) is 8.21. The maximum Gasteiger partial charge on any atom is 0.231 e. The van der Waals surface area contributed by atoms with E-state index in [1.54, 1.807) is 31.4 Å². The van der Waals surface area contributed by atoms with E-state index >= 15 is 0 Å². The zero-order chi connectivity index (χ0) is 22.9. The Kier molecular flexibility index (Phi) is 5.56. The number of methoxy groups -OCH3 is 1. The molecule has 0 amide bonds. The highest BCUT2D eigenvalue weighted by atomic mass is 35.5. The van der Waals surface area contributed by atoms with Gasteiger partial charge in [-0.1, -0.05) is 23.7 Å². The summed E-state index contributed by atoms with van der Waals surface area (Å²) >= 11 is 6.04. The highest BCUT2D eigenvalue weighted by molar-refractivity contribution is 6.30. The van der Waals surface area contributed by atoms with Crippen LogP contribution in [-0.2, 0) is 13.2 Å². The van der Waals surface area contributed by atoms with Crippen molar-refractivity contribution in [2.75, 3.05) is 7.11 Å². The Morgan fingerprint density at radius 2 is 1.91 bits per heavy atom. The molecule has 0 atom stereocenters. The van der Waals surface area contributed by atoms with Gasteiger partial charge in [-0.05, 0) is 61.0 Å². The minimum absolute atomic E-state index is 0.147. The number of halogens is 1. The van der Waals surface area contributed by atoms with Crippen LogP contribution in [0.4, 0.5) is 0 Å². The van der Waals surface area contributed by atoms with Gasteiger partial charge in [0.2, 0.25) is 5.78 Å². The number of aryl methyl sites for hydroxylation is 1. The Balaban J connectivity index is 1.42. The molecule has 0 saturated carbocycles. The fourth-order valence-electron chi connectivity index (χ4n) is 4.00. The summed E-state index contributed by atoms with van der Waals surface area (Å²) in [5.41, 5.74) is 3.46. The van der Waals surface area contributed by atoms with Crippen molar-refractivity contribution in [1.29, 1.82) is 0 Å². The van der Waals surface area contributed by atoms with Crippen LogP contribution in [0.5, 0.6) is 17.2 Å². The molecule has 0 bridgehead atoms. The maximum absolute atomic E-state index is 13.0. The normalized spacial score (nSPS) is 13.9. The molecule has 0 radical (unpaired) electrons. The summed E-state index contributed by atoms with van der Waals surface area (Å²) in [5.74, 6) is 2.02. The Morgan fingerprint density at radius 1 is 1.06 bits per heavy atom. The third kappa shape index (κ3) is 4.08. The monoisotopic (exact) mass is 459 g/mol. The summed E-state index contributed by atoms with van der Waals surface area (Å²) in [6.07, 6.45) is 3.82. The largest absolute Gasteiger partial charge is 0.497 e. The summed E-state index contributed by atoms with van der Waals surface area (Å²) in [6, 6.07) is 18.7. The van der Waals surface area contributed by atoms with Crippen LogP contribution in [0.3, 0.4) is 0 Å². The molecule has 1 aliphatic rings. The first-order valence-electron chi connectivity index (χ1n) is 10.7. The van der Waals surface area contributed by atoms with E-state index in [0.29, 0.717) is 28.7 Å². The lowest BCUT2D eigenvalue weighted by atomic mass is 10.1. The molecule has 3 aromatic carbocycles. The Bertz CT molecular complexity index is 1400. The van der Waals surface area contributed by atoms with E-state index in [1.165, 1.54) is 0 Å². The number of fused-ring (bicyclic) bond motifs is 2. The molecule has 0 fully saturated rings. The predicted molar refractivity (Wildman–Crippen MR) is 129 cm³/mol. The number of rotatable bonds is 6. The highest BCUT2D eigenvalue weighted by Crippen LogP contribution is 2.36. The van der Waals surface area contributed by atoms with Crippen molar-refractivity contribution < 1.29 is 19.0 Å². The zero-order valence-corrected chi connectivity index (χ0v) is 19.1. The molecule has 6 heteroatoms. The van der Waals surface area contributed by atoms with Crippen molar-refractivity contribution in [2.24, 2.45) is 0 Å². The first-order valence-corrected chi connectivity index (χ1v) is 11.1. The molecule has 5 rings (SSSR count). The van der Waals surface area contributed by atoms with Crippen LogP contribution in [0.2, 0.25) is 5.02 Å². The quantitative estimate of drug-likeness (QED) is 0.308. The highest BCUT2D eigenvalue weighted by Gasteiger charge is 2.28. The molecule has 0 aliphatic carbocycles. The molecule has 1 aliphatic heterocycles. The fraction of sp³-hybridized carbons (Fsp3) is 0.148. The van der Waals surface area contributed by atoms with Crippen LogP contribution in [-0.4, -0.2) is 17.5 Å². The molecule has 2 heterocycles. The number of aromatic nitrogens is 1. The number of ketones is 1. The van der Waals surface area contributed by atoms with Crippen LogP contribution >= 0.6 is 11.6 Å². The number of ether oxygens (including phenoxy) is 3. The Morgan fingerprint density at radius 3 is 2.70 bits per heavy atom. The van der Waals surface area contributed by atoms with Crippen molar-refractivity contribution in [3.63, 3.8) is 0 Å². The second-order valence-electron chi connectivity index (χ2n) is 7.77. The van der Waals surface area contributed by atoms with Gasteiger partial charge in [0.1, 0.15) is 23.9 Å². The van der Waals surface area contributed by atoms with Crippen molar-refractivity contribution in [2.45, 2.75) is 20.1 Å². The molecular weight excluding hydrogens is 438 g/mol. The van der Waals surface area contributed by atoms with Crippen molar-refractivity contribution >= 4 is 34.4 Å². The molecule has 0 saturated heterocycles. The van der Waals surface area contributed by atoms with E-state index in [9.17, 15) is 4.79 Å². The van der Waals surface area contributed by atoms with E-state index in [0.717, 1.165) is 34.3 Å². The first kappa shape index (κ1) is 21.2. The van der Waals surface area contributed by atoms with Gasteiger partial charge in [-0.15, -0.1) is 0 Å². The van der Waals surface area contributed by atoms with Crippen LogP contribution in [0.15, 0.2) is 72.6 Å². The Hall–Kier alpha value is -3.70. The first-order chi connectivity index (χ1) is 16.1. The smallest absolute Gasteiger partial charge is 0.231 e. The molecule has 1 aromatic heterocycles. The number of hydrogen-bond donors (Lipinski definition) is 0. The molecule has 0 unspecified atom stereocenters. The number of allylic oxidation sites excluding steroid dienone is 1. The van der Waals surface area contributed by atoms with E-state index in [2.05, 4.69) is 11.5 Å². The van der Waals surface area contributed by atoms with Crippen LogP contribution in [0.25, 0.3) is 17.0 Å². The standard InChI is InChI=1S/C27H22ClNO4/c1-3-29-15-18(23-13-20(31-2)8-10-24(23)29)12-26-27(30)22-9-7-21(14-25(22)33-26)32-16-17-5-4-6-19(28)11-17/h4-15H,3,16H2,1-2H3/b26-12-. The van der Waals surface area contributed by atoms with Gasteiger partial charge in [0, 0.05) is 40.3 Å². The second kappa shape index (κ2) is 8.68. The molecule has 166 valence electrons. The van der Waals surface area contributed by atoms with Gasteiger partial charge in [0.05, 0.1) is 12.7 Å². The van der Waals surface area contributed by atoms with E-state index in [4.69, 9.17) is 25.8 Å². The molecule has 33 heavy (non-hydrogen) atoms. The number of benzene rings is 3. The van der Waals surface area contributed by atoms with Crippen LogP contribution in [0.1, 0.15) is 28.4 Å². The molecule has 0 spiro atoms. The lowest BCUT2D eigenvalue weighted by Gasteiger charge is -2.07. The zero-order valence-electron chi connectivity index (χ0n) is 18.3. The maximum atomic E-state index is 13.0. The Labute approximate surface area is 196 Å². The molecule has 0 N–H and O–H groups in total. The average molecular weight is 460 g/mol. The van der Waals surface area contributed by atoms with Crippen molar-refractivity contribution in [1.82, 2.24) is 4.57 Å². The third-order valence-corrected chi connectivity index (χ3v) is 5.92. The van der Waals surface area contributed by atoms with Gasteiger partial charge in [0.25, 0.3) is 0 Å². The third-order valence-electron chi connectivity index (χ3n) is 5.68. The number of carbonyl (C=O) groups excluding carboxylic acids is 1. The molecular formula is C27H22ClNO4. The SMILES string of the molecule is CCn1cc(/C=C2\Oc3cc(OCc4cccc(Cl)c4)ccc3C2=O)c2cc(OC)ccc21. The lowest BCUT2D eigenvalue weighted by Crippen LogP contribution is -1.98. The summed E-state index contributed by atoms with van der Waals surface area (Å²) in [7, 11) is 1.64. The summed E-state index contributed by atoms with van der Waals surface area (Å²) in [5, 5.41) is 1.66. The van der Waals surface area contributed by atoms with Gasteiger partial charge in [0.15, 0.2) is 5.76 Å². The van der Waals surface area contributed by atoms with Crippen LogP contribution < -0.4 is 14.2 Å². The van der Waals surface area contributed by atoms with Gasteiger partial charge in [-0.25, -0.2) is 0 Å². The molecule has 4 aromatic rings. The van der Waals surface area contributed by atoms with Gasteiger partial charge < -0.3 is 18.8 Å². The number of Topliss-reactive ketones (excluding diaryl/α,β-unsaturated/α-hetero) is 1. The van der Waals surface area contributed by atoms with E-state index in [1.807, 2.05) is 48.7 Å². The average Bonchev–Trinajstić information content (AvgIpc) is 3.34. The van der Waals surface area contributed by atoms with Crippen molar-refractivity contribution in [3.05, 3.63) is 94.3 Å². The van der Waals surface area contributed by atoms with Gasteiger partial charge >= 0.3 is 0 Å². The number of nitrogens with zero attached hydrogens (tertiary/aromatic N) is 1. The predicted octanol–water partition coefficient (Wildman–Crippen LogP) is 6.52. The van der Waals surface area contributed by atoms with E-state index in [-0.39, 0.29) is 11.5 Å². The molecule has 5 nitrogen and oxygen atoms in total. The lowest BCUT2D eigenvalue weighted by molar-refractivity contribution is 0.101. The number of carbonyl (C=O) groups is 1.